The van der Waals surface area contributed by atoms with Crippen LogP contribution in [0.3, 0.4) is 0 Å². The number of nitrogens with zero attached hydrogens (tertiary/aromatic N) is 2. The third-order valence-electron chi connectivity index (χ3n) is 3.88. The number of aryl methyl sites for hydroxylation is 1. The first-order valence-electron chi connectivity index (χ1n) is 6.80. The van der Waals surface area contributed by atoms with Gasteiger partial charge in [-0.05, 0) is 45.6 Å². The van der Waals surface area contributed by atoms with Crippen molar-refractivity contribution in [1.29, 1.82) is 0 Å². The first-order chi connectivity index (χ1) is 8.47. The number of aromatic nitrogens is 1. The molecule has 1 N–H and O–H groups in total. The van der Waals surface area contributed by atoms with Crippen LogP contribution in [0, 0.1) is 12.8 Å². The summed E-state index contributed by atoms with van der Waals surface area (Å²) in [5.74, 6) is 1.59. The van der Waals surface area contributed by atoms with Gasteiger partial charge in [0.2, 0.25) is 0 Å². The highest BCUT2D eigenvalue weighted by atomic mass is 16.5. The Morgan fingerprint density at radius 1 is 1.50 bits per heavy atom. The minimum atomic E-state index is -0.514. The molecule has 1 aliphatic rings. The molecule has 102 valence electrons. The van der Waals surface area contributed by atoms with E-state index in [2.05, 4.69) is 17.0 Å². The molecule has 1 aromatic heterocycles. The Morgan fingerprint density at radius 3 is 2.72 bits per heavy atom. The van der Waals surface area contributed by atoms with Gasteiger partial charge in [0.1, 0.15) is 5.76 Å². The van der Waals surface area contributed by atoms with Gasteiger partial charge in [-0.3, -0.25) is 4.90 Å². The van der Waals surface area contributed by atoms with E-state index in [1.807, 2.05) is 20.0 Å². The van der Waals surface area contributed by atoms with E-state index in [0.29, 0.717) is 6.54 Å². The second-order valence-corrected chi connectivity index (χ2v) is 6.01. The third kappa shape index (κ3) is 3.56. The van der Waals surface area contributed by atoms with Crippen LogP contribution in [0.2, 0.25) is 0 Å². The van der Waals surface area contributed by atoms with E-state index in [1.165, 1.54) is 0 Å². The quantitative estimate of drug-likeness (QED) is 0.893. The number of rotatable bonds is 4. The molecule has 0 saturated heterocycles. The zero-order valence-corrected chi connectivity index (χ0v) is 11.6. The van der Waals surface area contributed by atoms with E-state index in [-0.39, 0.29) is 0 Å². The smallest absolute Gasteiger partial charge is 0.133 e. The molecule has 0 atom stereocenters. The van der Waals surface area contributed by atoms with Crippen LogP contribution in [-0.4, -0.2) is 34.4 Å². The summed E-state index contributed by atoms with van der Waals surface area (Å²) >= 11 is 0. The van der Waals surface area contributed by atoms with Gasteiger partial charge in [0, 0.05) is 19.2 Å². The molecular weight excluding hydrogens is 228 g/mol. The molecule has 1 aliphatic carbocycles. The van der Waals surface area contributed by atoms with Crippen molar-refractivity contribution in [2.45, 2.75) is 51.7 Å². The van der Waals surface area contributed by atoms with E-state index >= 15 is 0 Å². The number of hydrogen-bond donors (Lipinski definition) is 1. The molecule has 0 bridgehead atoms. The highest BCUT2D eigenvalue weighted by molar-refractivity contribution is 5.03. The second-order valence-electron chi connectivity index (χ2n) is 6.01. The summed E-state index contributed by atoms with van der Waals surface area (Å²) in [5.41, 5.74) is 0.419. The van der Waals surface area contributed by atoms with Crippen LogP contribution < -0.4 is 0 Å². The van der Waals surface area contributed by atoms with Crippen molar-refractivity contribution >= 4 is 0 Å². The van der Waals surface area contributed by atoms with Gasteiger partial charge in [-0.25, -0.2) is 0 Å². The van der Waals surface area contributed by atoms with E-state index < -0.39 is 5.60 Å². The second kappa shape index (κ2) is 5.41. The maximum atomic E-state index is 10.6. The topological polar surface area (TPSA) is 49.5 Å². The molecule has 0 unspecified atom stereocenters. The van der Waals surface area contributed by atoms with E-state index in [1.54, 1.807) is 0 Å². The number of aliphatic hydroxyl groups is 1. The summed E-state index contributed by atoms with van der Waals surface area (Å²) in [6.45, 7) is 5.61. The van der Waals surface area contributed by atoms with Crippen molar-refractivity contribution in [2.75, 3.05) is 13.6 Å². The molecule has 0 amide bonds. The van der Waals surface area contributed by atoms with Gasteiger partial charge in [0.15, 0.2) is 0 Å². The largest absolute Gasteiger partial charge is 0.389 e. The lowest BCUT2D eigenvalue weighted by molar-refractivity contribution is -0.0318. The van der Waals surface area contributed by atoms with Gasteiger partial charge in [-0.1, -0.05) is 12.1 Å². The highest BCUT2D eigenvalue weighted by Crippen LogP contribution is 2.32. The molecule has 4 nitrogen and oxygen atoms in total. The molecule has 1 heterocycles. The lowest BCUT2D eigenvalue weighted by atomic mass is 9.79. The lowest BCUT2D eigenvalue weighted by Crippen LogP contribution is -2.43. The number of likely N-dealkylation sites (N-methyl/N-ethyl adjacent to an activating group) is 1. The highest BCUT2D eigenvalue weighted by Gasteiger charge is 2.32. The van der Waals surface area contributed by atoms with Crippen LogP contribution in [0.5, 0.6) is 0 Å². The van der Waals surface area contributed by atoms with Gasteiger partial charge in [-0.15, -0.1) is 0 Å². The van der Waals surface area contributed by atoms with Gasteiger partial charge >= 0.3 is 0 Å². The molecule has 1 aromatic rings. The molecule has 18 heavy (non-hydrogen) atoms. The predicted molar refractivity (Wildman–Crippen MR) is 70.2 cm³/mol. The Bertz CT molecular complexity index is 381. The SMILES string of the molecule is Cc1cc(CN(C)CC2(O)CCC(C)CC2)no1. The summed E-state index contributed by atoms with van der Waals surface area (Å²) < 4.78 is 5.06. The van der Waals surface area contributed by atoms with Crippen molar-refractivity contribution in [1.82, 2.24) is 10.1 Å². The first-order valence-corrected chi connectivity index (χ1v) is 6.80. The summed E-state index contributed by atoms with van der Waals surface area (Å²) in [6.07, 6.45) is 4.09. The molecule has 1 fully saturated rings. The van der Waals surface area contributed by atoms with Crippen LogP contribution >= 0.6 is 0 Å². The monoisotopic (exact) mass is 252 g/mol. The fourth-order valence-electron chi connectivity index (χ4n) is 2.78. The average molecular weight is 252 g/mol. The minimum absolute atomic E-state index is 0.514. The zero-order valence-electron chi connectivity index (χ0n) is 11.6. The molecule has 2 rings (SSSR count). The number of hydrogen-bond acceptors (Lipinski definition) is 4. The van der Waals surface area contributed by atoms with E-state index in [0.717, 1.165) is 49.6 Å². The predicted octanol–water partition coefficient (Wildman–Crippen LogP) is 2.36. The van der Waals surface area contributed by atoms with E-state index in [4.69, 9.17) is 4.52 Å². The van der Waals surface area contributed by atoms with Crippen molar-refractivity contribution in [3.8, 4) is 0 Å². The van der Waals surface area contributed by atoms with Crippen molar-refractivity contribution < 1.29 is 9.63 Å². The molecule has 1 saturated carbocycles. The third-order valence-corrected chi connectivity index (χ3v) is 3.88. The molecule has 0 spiro atoms. The molecular formula is C14H24N2O2. The maximum absolute atomic E-state index is 10.6. The van der Waals surface area contributed by atoms with Crippen LogP contribution in [0.15, 0.2) is 10.6 Å². The Balaban J connectivity index is 1.85. The van der Waals surface area contributed by atoms with Crippen LogP contribution in [-0.2, 0) is 6.54 Å². The fourth-order valence-corrected chi connectivity index (χ4v) is 2.78. The lowest BCUT2D eigenvalue weighted by Gasteiger charge is -2.37. The van der Waals surface area contributed by atoms with Crippen LogP contribution in [0.25, 0.3) is 0 Å². The van der Waals surface area contributed by atoms with Crippen molar-refractivity contribution in [3.05, 3.63) is 17.5 Å². The molecule has 4 heteroatoms. The molecule has 0 radical (unpaired) electrons. The summed E-state index contributed by atoms with van der Waals surface area (Å²) in [7, 11) is 2.03. The maximum Gasteiger partial charge on any atom is 0.133 e. The normalized spacial score (nSPS) is 28.8. The summed E-state index contributed by atoms with van der Waals surface area (Å²) in [6, 6.07) is 1.95. The van der Waals surface area contributed by atoms with Gasteiger partial charge in [0.25, 0.3) is 0 Å². The average Bonchev–Trinajstić information content (AvgIpc) is 2.68. The Morgan fingerprint density at radius 2 is 2.17 bits per heavy atom. The Labute approximate surface area is 109 Å². The minimum Gasteiger partial charge on any atom is -0.389 e. The van der Waals surface area contributed by atoms with Gasteiger partial charge in [0.05, 0.1) is 11.3 Å². The molecule has 0 aliphatic heterocycles. The van der Waals surface area contributed by atoms with Gasteiger partial charge < -0.3 is 9.63 Å². The standard InChI is InChI=1S/C14H24N2O2/c1-11-4-6-14(17,7-5-11)10-16(3)9-13-8-12(2)18-15-13/h8,11,17H,4-7,9-10H2,1-3H3. The van der Waals surface area contributed by atoms with Crippen LogP contribution in [0.4, 0.5) is 0 Å². The van der Waals surface area contributed by atoms with Crippen LogP contribution in [0.1, 0.15) is 44.1 Å². The van der Waals surface area contributed by atoms with Crippen molar-refractivity contribution in [3.63, 3.8) is 0 Å². The van der Waals surface area contributed by atoms with Crippen molar-refractivity contribution in [2.24, 2.45) is 5.92 Å². The summed E-state index contributed by atoms with van der Waals surface area (Å²) in [5, 5.41) is 14.5. The Kier molecular flexibility index (Phi) is 4.07. The zero-order chi connectivity index (χ0) is 13.2. The molecule has 0 aromatic carbocycles. The Hall–Kier alpha value is -0.870. The first kappa shape index (κ1) is 13.6. The van der Waals surface area contributed by atoms with E-state index in [9.17, 15) is 5.11 Å². The van der Waals surface area contributed by atoms with Gasteiger partial charge in [-0.2, -0.15) is 0 Å². The fraction of sp³-hybridized carbons (Fsp3) is 0.786. The summed E-state index contributed by atoms with van der Waals surface area (Å²) in [4.78, 5) is 2.13.